The fourth-order valence-electron chi connectivity index (χ4n) is 2.28. The molecule has 0 fully saturated rings. The quantitative estimate of drug-likeness (QED) is 0.846. The number of halogens is 3. The summed E-state index contributed by atoms with van der Waals surface area (Å²) in [6.07, 6.45) is -2.63. The third kappa shape index (κ3) is 4.02. The second-order valence-electron chi connectivity index (χ2n) is 4.68. The summed E-state index contributed by atoms with van der Waals surface area (Å²) in [5.41, 5.74) is 0.177. The average molecular weight is 259 g/mol. The summed E-state index contributed by atoms with van der Waals surface area (Å²) in [5, 5.41) is 3.19. The molecule has 2 atom stereocenters. The van der Waals surface area contributed by atoms with Gasteiger partial charge in [0, 0.05) is 6.04 Å². The Labute approximate surface area is 106 Å². The molecule has 2 unspecified atom stereocenters. The first kappa shape index (κ1) is 15.0. The number of alkyl halides is 3. The monoisotopic (exact) mass is 259 g/mol. The summed E-state index contributed by atoms with van der Waals surface area (Å²) < 4.78 is 37.8. The van der Waals surface area contributed by atoms with Gasteiger partial charge in [-0.25, -0.2) is 0 Å². The molecule has 0 spiro atoms. The van der Waals surface area contributed by atoms with Gasteiger partial charge < -0.3 is 5.32 Å². The van der Waals surface area contributed by atoms with Gasteiger partial charge in [-0.15, -0.1) is 0 Å². The van der Waals surface area contributed by atoms with Crippen molar-refractivity contribution in [3.63, 3.8) is 0 Å². The second kappa shape index (κ2) is 6.23. The molecule has 1 nitrogen and oxygen atoms in total. The number of hydrogen-bond donors (Lipinski definition) is 1. The Morgan fingerprint density at radius 3 is 2.44 bits per heavy atom. The van der Waals surface area contributed by atoms with Crippen LogP contribution in [0, 0.1) is 5.92 Å². The van der Waals surface area contributed by atoms with Crippen molar-refractivity contribution < 1.29 is 13.2 Å². The normalized spacial score (nSPS) is 15.4. The van der Waals surface area contributed by atoms with E-state index in [0.717, 1.165) is 18.1 Å². The Hall–Kier alpha value is -1.03. The van der Waals surface area contributed by atoms with Crippen LogP contribution in [-0.2, 0) is 12.6 Å². The summed E-state index contributed by atoms with van der Waals surface area (Å²) in [5.74, 6) is 0.309. The minimum Gasteiger partial charge on any atom is -0.317 e. The lowest BCUT2D eigenvalue weighted by Gasteiger charge is -2.22. The molecule has 0 aliphatic carbocycles. The smallest absolute Gasteiger partial charge is 0.317 e. The van der Waals surface area contributed by atoms with Gasteiger partial charge in [0.15, 0.2) is 0 Å². The molecule has 0 aliphatic heterocycles. The molecule has 0 amide bonds. The number of nitrogens with one attached hydrogen (secondary N) is 1. The molecule has 0 saturated carbocycles. The molecule has 1 aromatic carbocycles. The van der Waals surface area contributed by atoms with Crippen molar-refractivity contribution in [1.29, 1.82) is 0 Å². The highest BCUT2D eigenvalue weighted by molar-refractivity contribution is 5.26. The van der Waals surface area contributed by atoms with Gasteiger partial charge >= 0.3 is 6.18 Å². The fourth-order valence-corrected chi connectivity index (χ4v) is 2.28. The van der Waals surface area contributed by atoms with E-state index in [1.807, 2.05) is 7.05 Å². The van der Waals surface area contributed by atoms with Crippen molar-refractivity contribution in [3.8, 4) is 0 Å². The number of hydrogen-bond acceptors (Lipinski definition) is 1. The second-order valence-corrected chi connectivity index (χ2v) is 4.68. The topological polar surface area (TPSA) is 12.0 Å². The summed E-state index contributed by atoms with van der Waals surface area (Å²) in [6, 6.07) is 5.93. The van der Waals surface area contributed by atoms with Crippen LogP contribution < -0.4 is 5.32 Å². The predicted molar refractivity (Wildman–Crippen MR) is 67.5 cm³/mol. The molecule has 1 rings (SSSR count). The molecule has 0 radical (unpaired) electrons. The molecule has 1 aromatic rings. The minimum atomic E-state index is -4.26. The zero-order valence-corrected chi connectivity index (χ0v) is 11.0. The highest BCUT2D eigenvalue weighted by atomic mass is 19.4. The van der Waals surface area contributed by atoms with E-state index in [4.69, 9.17) is 0 Å². The first-order valence-electron chi connectivity index (χ1n) is 6.21. The van der Waals surface area contributed by atoms with Crippen molar-refractivity contribution in [2.45, 2.75) is 38.9 Å². The van der Waals surface area contributed by atoms with E-state index in [9.17, 15) is 13.2 Å². The molecular formula is C14H20F3N. The van der Waals surface area contributed by atoms with E-state index in [1.54, 1.807) is 6.07 Å². The first-order valence-corrected chi connectivity index (χ1v) is 6.21. The fraction of sp³-hybridized carbons (Fsp3) is 0.571. The van der Waals surface area contributed by atoms with Gasteiger partial charge in [-0.05, 0) is 37.4 Å². The van der Waals surface area contributed by atoms with Gasteiger partial charge in [-0.3, -0.25) is 0 Å². The maximum absolute atomic E-state index is 12.6. The third-order valence-corrected chi connectivity index (χ3v) is 3.31. The van der Waals surface area contributed by atoms with Crippen molar-refractivity contribution in [3.05, 3.63) is 35.4 Å². The van der Waals surface area contributed by atoms with Crippen LogP contribution in [0.15, 0.2) is 24.3 Å². The average Bonchev–Trinajstić information content (AvgIpc) is 2.29. The van der Waals surface area contributed by atoms with Gasteiger partial charge in [0.1, 0.15) is 0 Å². The van der Waals surface area contributed by atoms with Crippen LogP contribution in [0.1, 0.15) is 31.4 Å². The molecule has 1 N–H and O–H groups in total. The summed E-state index contributed by atoms with van der Waals surface area (Å²) in [4.78, 5) is 0. The van der Waals surface area contributed by atoms with Gasteiger partial charge in [0.25, 0.3) is 0 Å². The maximum Gasteiger partial charge on any atom is 0.416 e. The van der Waals surface area contributed by atoms with Gasteiger partial charge in [-0.1, -0.05) is 32.0 Å². The van der Waals surface area contributed by atoms with Crippen molar-refractivity contribution in [2.75, 3.05) is 7.05 Å². The Kier molecular flexibility index (Phi) is 5.20. The van der Waals surface area contributed by atoms with Crippen molar-refractivity contribution in [2.24, 2.45) is 5.92 Å². The lowest BCUT2D eigenvalue weighted by Crippen LogP contribution is -2.32. The first-order chi connectivity index (χ1) is 8.38. The standard InChI is InChI=1S/C14H20F3N/c1-4-13(18-3)10(2)8-11-6-5-7-12(9-11)14(15,16)17/h5-7,9-10,13,18H,4,8H2,1-3H3. The van der Waals surface area contributed by atoms with Crippen molar-refractivity contribution >= 4 is 0 Å². The largest absolute Gasteiger partial charge is 0.416 e. The van der Waals surface area contributed by atoms with E-state index in [2.05, 4.69) is 19.2 Å². The summed E-state index contributed by atoms with van der Waals surface area (Å²) in [7, 11) is 1.89. The third-order valence-electron chi connectivity index (χ3n) is 3.31. The van der Waals surface area contributed by atoms with E-state index in [1.165, 1.54) is 12.1 Å². The van der Waals surface area contributed by atoms with Crippen LogP contribution in [-0.4, -0.2) is 13.1 Å². The van der Waals surface area contributed by atoms with Crippen LogP contribution in [0.2, 0.25) is 0 Å². The molecule has 0 heterocycles. The molecule has 4 heteroatoms. The molecule has 0 saturated heterocycles. The van der Waals surface area contributed by atoms with Crippen LogP contribution in [0.3, 0.4) is 0 Å². The molecule has 18 heavy (non-hydrogen) atoms. The van der Waals surface area contributed by atoms with E-state index in [-0.39, 0.29) is 0 Å². The van der Waals surface area contributed by atoms with Crippen LogP contribution >= 0.6 is 0 Å². The molecular weight excluding hydrogens is 239 g/mol. The molecule has 0 aliphatic rings. The number of rotatable bonds is 5. The van der Waals surface area contributed by atoms with E-state index in [0.29, 0.717) is 18.4 Å². The Morgan fingerprint density at radius 1 is 1.28 bits per heavy atom. The summed E-state index contributed by atoms with van der Waals surface area (Å²) >= 11 is 0. The van der Waals surface area contributed by atoms with Crippen molar-refractivity contribution in [1.82, 2.24) is 5.32 Å². The highest BCUT2D eigenvalue weighted by Crippen LogP contribution is 2.30. The lowest BCUT2D eigenvalue weighted by molar-refractivity contribution is -0.137. The Morgan fingerprint density at radius 2 is 1.94 bits per heavy atom. The molecule has 0 aromatic heterocycles. The zero-order valence-electron chi connectivity index (χ0n) is 11.0. The van der Waals surface area contributed by atoms with E-state index < -0.39 is 11.7 Å². The van der Waals surface area contributed by atoms with E-state index >= 15 is 0 Å². The van der Waals surface area contributed by atoms with Crippen LogP contribution in [0.25, 0.3) is 0 Å². The predicted octanol–water partition coefficient (Wildman–Crippen LogP) is 3.88. The number of benzene rings is 1. The maximum atomic E-state index is 12.6. The lowest BCUT2D eigenvalue weighted by atomic mass is 9.92. The molecule has 102 valence electrons. The Bertz CT molecular complexity index is 370. The van der Waals surface area contributed by atoms with Gasteiger partial charge in [-0.2, -0.15) is 13.2 Å². The van der Waals surface area contributed by atoms with Gasteiger partial charge in [0.05, 0.1) is 5.56 Å². The van der Waals surface area contributed by atoms with Gasteiger partial charge in [0.2, 0.25) is 0 Å². The SMILES string of the molecule is CCC(NC)C(C)Cc1cccc(C(F)(F)F)c1. The Balaban J connectivity index is 2.79. The van der Waals surface area contributed by atoms with Crippen LogP contribution in [0.4, 0.5) is 13.2 Å². The highest BCUT2D eigenvalue weighted by Gasteiger charge is 2.30. The molecule has 0 bridgehead atoms. The zero-order chi connectivity index (χ0) is 13.8. The minimum absolute atomic E-state index is 0.309. The van der Waals surface area contributed by atoms with Crippen LogP contribution in [0.5, 0.6) is 0 Å². The summed E-state index contributed by atoms with van der Waals surface area (Å²) in [6.45, 7) is 4.13.